The first-order valence-electron chi connectivity index (χ1n) is 12.6. The molecule has 0 saturated heterocycles. The summed E-state index contributed by atoms with van der Waals surface area (Å²) in [5, 5.41) is 7.68. The molecule has 180 valence electrons. The molecular formula is C34H20ClNOS. The number of rotatable bonds is 3. The molecule has 0 unspecified atom stereocenters. The molecule has 0 fully saturated rings. The molecule has 2 aromatic heterocycles. The van der Waals surface area contributed by atoms with Gasteiger partial charge in [0.05, 0.1) is 5.69 Å². The maximum absolute atomic E-state index is 6.85. The highest BCUT2D eigenvalue weighted by molar-refractivity contribution is 7.26. The minimum atomic E-state index is 0.778. The van der Waals surface area contributed by atoms with Gasteiger partial charge in [-0.2, -0.15) is 0 Å². The number of furan rings is 1. The molecule has 0 N–H and O–H groups in total. The van der Waals surface area contributed by atoms with E-state index in [1.165, 1.54) is 25.6 Å². The van der Waals surface area contributed by atoms with Crippen LogP contribution in [0.15, 0.2) is 126 Å². The Morgan fingerprint density at radius 2 is 1.29 bits per heavy atom. The van der Waals surface area contributed by atoms with Crippen LogP contribution in [0.2, 0.25) is 5.02 Å². The molecule has 0 amide bonds. The summed E-state index contributed by atoms with van der Waals surface area (Å²) in [7, 11) is 0. The summed E-state index contributed by atoms with van der Waals surface area (Å²) in [6.45, 7) is 0. The maximum Gasteiger partial charge on any atom is 0.135 e. The number of hydrogen-bond donors (Lipinski definition) is 0. The normalized spacial score (nSPS) is 11.8. The van der Waals surface area contributed by atoms with E-state index < -0.39 is 0 Å². The predicted octanol–water partition coefficient (Wildman–Crippen LogP) is 11.2. The van der Waals surface area contributed by atoms with Crippen LogP contribution in [-0.2, 0) is 0 Å². The number of halogens is 1. The van der Waals surface area contributed by atoms with Gasteiger partial charge in [0.15, 0.2) is 0 Å². The van der Waals surface area contributed by atoms with Crippen molar-refractivity contribution < 1.29 is 4.42 Å². The third-order valence-electron chi connectivity index (χ3n) is 7.30. The van der Waals surface area contributed by atoms with Crippen molar-refractivity contribution in [3.8, 4) is 0 Å². The number of thiophene rings is 1. The molecule has 0 aliphatic heterocycles. The summed E-state index contributed by atoms with van der Waals surface area (Å²) in [6, 6.07) is 42.4. The lowest BCUT2D eigenvalue weighted by atomic mass is 10.0. The van der Waals surface area contributed by atoms with Gasteiger partial charge in [0, 0.05) is 58.1 Å². The Balaban J connectivity index is 1.46. The van der Waals surface area contributed by atoms with E-state index in [0.717, 1.165) is 49.4 Å². The largest absolute Gasteiger partial charge is 0.456 e. The maximum atomic E-state index is 6.85. The first kappa shape index (κ1) is 21.7. The van der Waals surface area contributed by atoms with Crippen molar-refractivity contribution in [3.05, 3.63) is 126 Å². The molecule has 8 rings (SSSR count). The summed E-state index contributed by atoms with van der Waals surface area (Å²) in [5.74, 6) is 0. The van der Waals surface area contributed by atoms with Crippen molar-refractivity contribution in [1.82, 2.24) is 0 Å². The standard InChI is InChI=1S/C34H20ClNOS/c35-28-20-27-33-29(14-8-16-32(33)38-34(27)25-13-5-4-11-23(25)28)36(21-9-2-1-3-10-21)22-17-18-31-26(19-22)24-12-6-7-15-30(24)37-31/h1-20H. The van der Waals surface area contributed by atoms with Gasteiger partial charge in [-0.15, -0.1) is 11.3 Å². The van der Waals surface area contributed by atoms with Gasteiger partial charge in [-0.3, -0.25) is 0 Å². The number of anilines is 3. The van der Waals surface area contributed by atoms with Crippen LogP contribution in [0, 0.1) is 0 Å². The van der Waals surface area contributed by atoms with E-state index in [1.54, 1.807) is 0 Å². The topological polar surface area (TPSA) is 16.4 Å². The summed E-state index contributed by atoms with van der Waals surface area (Å²) in [6.07, 6.45) is 0. The molecule has 0 aliphatic rings. The summed E-state index contributed by atoms with van der Waals surface area (Å²) in [5.41, 5.74) is 5.09. The second-order valence-electron chi connectivity index (χ2n) is 9.48. The van der Waals surface area contributed by atoms with Gasteiger partial charge in [-0.1, -0.05) is 78.3 Å². The van der Waals surface area contributed by atoms with Crippen LogP contribution in [0.1, 0.15) is 0 Å². The smallest absolute Gasteiger partial charge is 0.135 e. The third kappa shape index (κ3) is 3.19. The molecule has 38 heavy (non-hydrogen) atoms. The molecule has 0 bridgehead atoms. The lowest BCUT2D eigenvalue weighted by molar-refractivity contribution is 0.669. The fraction of sp³-hybridized carbons (Fsp3) is 0. The van der Waals surface area contributed by atoms with Gasteiger partial charge in [0.2, 0.25) is 0 Å². The van der Waals surface area contributed by atoms with Crippen molar-refractivity contribution in [1.29, 1.82) is 0 Å². The predicted molar refractivity (Wildman–Crippen MR) is 164 cm³/mol. The number of fused-ring (bicyclic) bond motifs is 8. The van der Waals surface area contributed by atoms with Crippen molar-refractivity contribution in [2.45, 2.75) is 0 Å². The Hall–Kier alpha value is -4.31. The fourth-order valence-electron chi connectivity index (χ4n) is 5.63. The first-order chi connectivity index (χ1) is 18.8. The summed E-state index contributed by atoms with van der Waals surface area (Å²) >= 11 is 8.68. The van der Waals surface area contributed by atoms with E-state index in [-0.39, 0.29) is 0 Å². The van der Waals surface area contributed by atoms with Gasteiger partial charge in [-0.25, -0.2) is 0 Å². The fourth-order valence-corrected chi connectivity index (χ4v) is 7.15. The Bertz CT molecular complexity index is 2160. The van der Waals surface area contributed by atoms with E-state index in [4.69, 9.17) is 16.0 Å². The highest BCUT2D eigenvalue weighted by Gasteiger charge is 2.20. The molecular weight excluding hydrogens is 506 g/mol. The molecule has 2 heterocycles. The first-order valence-corrected chi connectivity index (χ1v) is 13.7. The van der Waals surface area contributed by atoms with Crippen LogP contribution < -0.4 is 4.90 Å². The van der Waals surface area contributed by atoms with Gasteiger partial charge < -0.3 is 9.32 Å². The number of para-hydroxylation sites is 2. The van der Waals surface area contributed by atoms with E-state index in [1.807, 2.05) is 29.5 Å². The van der Waals surface area contributed by atoms with Gasteiger partial charge in [-0.05, 0) is 54.6 Å². The van der Waals surface area contributed by atoms with Crippen LogP contribution >= 0.6 is 22.9 Å². The molecule has 0 atom stereocenters. The van der Waals surface area contributed by atoms with Crippen LogP contribution in [0.3, 0.4) is 0 Å². The molecule has 0 aliphatic carbocycles. The summed E-state index contributed by atoms with van der Waals surface area (Å²) in [4.78, 5) is 2.35. The third-order valence-corrected chi connectivity index (χ3v) is 8.82. The van der Waals surface area contributed by atoms with E-state index in [0.29, 0.717) is 0 Å². The van der Waals surface area contributed by atoms with Crippen LogP contribution in [0.25, 0.3) is 52.9 Å². The Morgan fingerprint density at radius 3 is 2.16 bits per heavy atom. The Kier molecular flexibility index (Phi) is 4.78. The van der Waals surface area contributed by atoms with Gasteiger partial charge in [0.1, 0.15) is 11.2 Å². The highest BCUT2D eigenvalue weighted by Crippen LogP contribution is 2.48. The molecule has 0 radical (unpaired) electrons. The molecule has 2 nitrogen and oxygen atoms in total. The molecule has 6 aromatic carbocycles. The van der Waals surface area contributed by atoms with E-state index in [2.05, 4.69) is 108 Å². The van der Waals surface area contributed by atoms with E-state index >= 15 is 0 Å². The number of hydrogen-bond acceptors (Lipinski definition) is 3. The molecule has 4 heteroatoms. The quantitative estimate of drug-likeness (QED) is 0.228. The van der Waals surface area contributed by atoms with Crippen molar-refractivity contribution in [2.24, 2.45) is 0 Å². The minimum Gasteiger partial charge on any atom is -0.456 e. The van der Waals surface area contributed by atoms with Crippen LogP contribution in [0.4, 0.5) is 17.1 Å². The molecule has 0 saturated carbocycles. The zero-order valence-electron chi connectivity index (χ0n) is 20.2. The second kappa shape index (κ2) is 8.35. The number of nitrogens with zero attached hydrogens (tertiary/aromatic N) is 1. The zero-order chi connectivity index (χ0) is 25.2. The lowest BCUT2D eigenvalue weighted by Gasteiger charge is -2.26. The Labute approximate surface area is 227 Å². The molecule has 8 aromatic rings. The second-order valence-corrected chi connectivity index (χ2v) is 10.9. The number of benzene rings is 6. The van der Waals surface area contributed by atoms with Crippen LogP contribution in [0.5, 0.6) is 0 Å². The molecule has 0 spiro atoms. The Morgan fingerprint density at radius 1 is 0.553 bits per heavy atom. The van der Waals surface area contributed by atoms with Crippen molar-refractivity contribution in [2.75, 3.05) is 4.90 Å². The van der Waals surface area contributed by atoms with Crippen molar-refractivity contribution >= 4 is 92.9 Å². The zero-order valence-corrected chi connectivity index (χ0v) is 21.8. The average molecular weight is 526 g/mol. The van der Waals surface area contributed by atoms with Gasteiger partial charge in [0.25, 0.3) is 0 Å². The van der Waals surface area contributed by atoms with Crippen LogP contribution in [-0.4, -0.2) is 0 Å². The SMILES string of the molecule is Clc1cc2c(sc3cccc(N(c4ccccc4)c4ccc5oc6ccccc6c5c4)c32)c2ccccc12. The highest BCUT2D eigenvalue weighted by atomic mass is 35.5. The average Bonchev–Trinajstić information content (AvgIpc) is 3.53. The summed E-state index contributed by atoms with van der Waals surface area (Å²) < 4.78 is 8.63. The van der Waals surface area contributed by atoms with Crippen molar-refractivity contribution in [3.63, 3.8) is 0 Å². The van der Waals surface area contributed by atoms with E-state index in [9.17, 15) is 0 Å². The lowest BCUT2D eigenvalue weighted by Crippen LogP contribution is -2.10. The minimum absolute atomic E-state index is 0.778. The van der Waals surface area contributed by atoms with Gasteiger partial charge >= 0.3 is 0 Å². The monoisotopic (exact) mass is 525 g/mol.